The molecule has 0 saturated carbocycles. The maximum Gasteiger partial charge on any atom is 0.413 e. The molecule has 10 heteroatoms. The van der Waals surface area contributed by atoms with Gasteiger partial charge in [0, 0.05) is 16.4 Å². The number of methoxy groups -OCH3 is 1. The predicted molar refractivity (Wildman–Crippen MR) is 119 cm³/mol. The van der Waals surface area contributed by atoms with Crippen LogP contribution in [0.1, 0.15) is 6.92 Å². The molecular weight excluding hydrogens is 404 g/mol. The molecule has 1 rings (SSSR count). The number of likely N-dealkylation sites (N-methyl/N-ethyl adjacent to an activating group) is 1. The molecule has 2 amide bonds. The highest BCUT2D eigenvalue weighted by molar-refractivity contribution is 8.02. The van der Waals surface area contributed by atoms with Crippen LogP contribution in [0.25, 0.3) is 0 Å². The zero-order valence-electron chi connectivity index (χ0n) is 16.0. The first-order chi connectivity index (χ1) is 12.8. The molecule has 0 aliphatic carbocycles. The zero-order valence-corrected chi connectivity index (χ0v) is 18.4. The molecule has 0 radical (unpaired) electrons. The second kappa shape index (κ2) is 12.8. The van der Waals surface area contributed by atoms with Gasteiger partial charge in [0.05, 0.1) is 25.0 Å². The van der Waals surface area contributed by atoms with E-state index in [9.17, 15) is 9.59 Å². The van der Waals surface area contributed by atoms with Gasteiger partial charge >= 0.3 is 6.09 Å². The number of ether oxygens (including phenoxy) is 1. The Kier molecular flexibility index (Phi) is 11.2. The van der Waals surface area contributed by atoms with Gasteiger partial charge in [0.25, 0.3) is 0 Å². The minimum Gasteiger partial charge on any atom is -0.453 e. The van der Waals surface area contributed by atoms with Gasteiger partial charge in [-0.2, -0.15) is 11.8 Å². The summed E-state index contributed by atoms with van der Waals surface area (Å²) >= 11 is 8.72. The zero-order chi connectivity index (χ0) is 20.2. The molecule has 0 spiro atoms. The van der Waals surface area contributed by atoms with Crippen molar-refractivity contribution < 1.29 is 14.3 Å². The summed E-state index contributed by atoms with van der Waals surface area (Å²) in [7, 11) is 4.91. The number of rotatable bonds is 9. The maximum atomic E-state index is 12.2. The van der Waals surface area contributed by atoms with E-state index >= 15 is 0 Å². The Hall–Kier alpha value is -1.49. The standard InChI is InChI=1S/C17H26N4O3S3/c1-5-26-8-9-27-12-6-7-13(19-16(25)20-17(23)24-4)14(10-12)18-15(22)11-21(2)3/h6-7,10H,5,8-9,11H2,1-4H3,(H,18,22)(H2,19,20,23,25). The summed E-state index contributed by atoms with van der Waals surface area (Å²) in [6.45, 7) is 2.40. The van der Waals surface area contributed by atoms with Gasteiger partial charge in [0.15, 0.2) is 5.11 Å². The van der Waals surface area contributed by atoms with Crippen LogP contribution in [0.5, 0.6) is 0 Å². The number of anilines is 2. The van der Waals surface area contributed by atoms with Crippen molar-refractivity contribution in [3.8, 4) is 0 Å². The van der Waals surface area contributed by atoms with E-state index in [1.807, 2.05) is 44.1 Å². The van der Waals surface area contributed by atoms with Crippen LogP contribution in [0.3, 0.4) is 0 Å². The molecule has 3 N–H and O–H groups in total. The van der Waals surface area contributed by atoms with Crippen LogP contribution in [-0.2, 0) is 9.53 Å². The Labute approximate surface area is 174 Å². The minimum atomic E-state index is -0.661. The number of carbonyl (C=O) groups excluding carboxylic acids is 2. The first-order valence-corrected chi connectivity index (χ1v) is 10.9. The van der Waals surface area contributed by atoms with Gasteiger partial charge in [-0.25, -0.2) is 4.79 Å². The monoisotopic (exact) mass is 430 g/mol. The summed E-state index contributed by atoms with van der Waals surface area (Å²) in [5.74, 6) is 3.01. The fourth-order valence-electron chi connectivity index (χ4n) is 1.96. The van der Waals surface area contributed by atoms with Crippen molar-refractivity contribution in [3.63, 3.8) is 0 Å². The second-order valence-electron chi connectivity index (χ2n) is 5.61. The van der Waals surface area contributed by atoms with Crippen molar-refractivity contribution in [1.82, 2.24) is 10.2 Å². The highest BCUT2D eigenvalue weighted by atomic mass is 32.2. The molecular formula is C17H26N4O3S3. The van der Waals surface area contributed by atoms with Gasteiger partial charge < -0.3 is 20.3 Å². The van der Waals surface area contributed by atoms with E-state index in [0.717, 1.165) is 22.2 Å². The highest BCUT2D eigenvalue weighted by Crippen LogP contribution is 2.29. The number of nitrogens with one attached hydrogen (secondary N) is 3. The minimum absolute atomic E-state index is 0.0877. The van der Waals surface area contributed by atoms with E-state index in [1.165, 1.54) is 7.11 Å². The normalized spacial score (nSPS) is 10.4. The first-order valence-electron chi connectivity index (χ1n) is 8.30. The molecule has 150 valence electrons. The average molecular weight is 431 g/mol. The number of nitrogens with zero attached hydrogens (tertiary/aromatic N) is 1. The summed E-state index contributed by atoms with van der Waals surface area (Å²) in [5.41, 5.74) is 1.19. The molecule has 27 heavy (non-hydrogen) atoms. The SMILES string of the molecule is CCSCCSc1ccc(NC(=S)NC(=O)OC)c(NC(=O)CN(C)C)c1. The fraction of sp³-hybridized carbons (Fsp3) is 0.471. The van der Waals surface area contributed by atoms with Crippen molar-refractivity contribution in [3.05, 3.63) is 18.2 Å². The van der Waals surface area contributed by atoms with E-state index in [-0.39, 0.29) is 17.6 Å². The third kappa shape index (κ3) is 9.85. The third-order valence-electron chi connectivity index (χ3n) is 3.07. The van der Waals surface area contributed by atoms with Crippen LogP contribution in [0.15, 0.2) is 23.1 Å². The van der Waals surface area contributed by atoms with Crippen LogP contribution >= 0.6 is 35.7 Å². The topological polar surface area (TPSA) is 82.7 Å². The molecule has 0 fully saturated rings. The number of amides is 2. The quantitative estimate of drug-likeness (QED) is 0.313. The summed E-state index contributed by atoms with van der Waals surface area (Å²) in [4.78, 5) is 26.3. The molecule has 0 bridgehead atoms. The summed E-state index contributed by atoms with van der Waals surface area (Å²) < 4.78 is 4.52. The molecule has 0 atom stereocenters. The van der Waals surface area contributed by atoms with E-state index in [1.54, 1.807) is 16.7 Å². The van der Waals surface area contributed by atoms with Crippen LogP contribution in [-0.4, -0.2) is 67.0 Å². The number of hydrogen-bond acceptors (Lipinski definition) is 7. The number of thiocarbonyl (C=S) groups is 1. The Bertz CT molecular complexity index is 656. The maximum absolute atomic E-state index is 12.2. The van der Waals surface area contributed by atoms with Gasteiger partial charge in [0.1, 0.15) is 0 Å². The molecule has 0 heterocycles. The second-order valence-corrected chi connectivity index (χ2v) is 8.58. The Morgan fingerprint density at radius 2 is 1.93 bits per heavy atom. The van der Waals surface area contributed by atoms with Crippen molar-refractivity contribution in [1.29, 1.82) is 0 Å². The Balaban J connectivity index is 2.89. The van der Waals surface area contributed by atoms with Gasteiger partial charge in [0.2, 0.25) is 5.91 Å². The van der Waals surface area contributed by atoms with Gasteiger partial charge in [-0.3, -0.25) is 10.1 Å². The van der Waals surface area contributed by atoms with Crippen molar-refractivity contribution >= 4 is 64.2 Å². The Morgan fingerprint density at radius 3 is 2.56 bits per heavy atom. The summed E-state index contributed by atoms with van der Waals surface area (Å²) in [5, 5.41) is 8.28. The number of hydrogen-bond donors (Lipinski definition) is 3. The lowest BCUT2D eigenvalue weighted by molar-refractivity contribution is -0.116. The summed E-state index contributed by atoms with van der Waals surface area (Å²) in [6.07, 6.45) is -0.661. The van der Waals surface area contributed by atoms with Crippen molar-refractivity contribution in [2.75, 3.05) is 55.6 Å². The van der Waals surface area contributed by atoms with E-state index in [4.69, 9.17) is 12.2 Å². The molecule has 1 aromatic rings. The number of alkyl carbamates (subject to hydrolysis) is 1. The van der Waals surface area contributed by atoms with Gasteiger partial charge in [-0.1, -0.05) is 6.92 Å². The first kappa shape index (κ1) is 23.5. The van der Waals surface area contributed by atoms with Crippen LogP contribution in [0.2, 0.25) is 0 Å². The average Bonchev–Trinajstić information content (AvgIpc) is 2.59. The van der Waals surface area contributed by atoms with E-state index in [0.29, 0.717) is 11.4 Å². The molecule has 0 unspecified atom stereocenters. The lowest BCUT2D eigenvalue weighted by Crippen LogP contribution is -2.34. The van der Waals surface area contributed by atoms with Gasteiger partial charge in [-0.15, -0.1) is 11.8 Å². The molecule has 0 aromatic heterocycles. The highest BCUT2D eigenvalue weighted by Gasteiger charge is 2.12. The van der Waals surface area contributed by atoms with Crippen LogP contribution in [0, 0.1) is 0 Å². The van der Waals surface area contributed by atoms with Crippen LogP contribution < -0.4 is 16.0 Å². The van der Waals surface area contributed by atoms with E-state index in [2.05, 4.69) is 27.6 Å². The van der Waals surface area contributed by atoms with Crippen molar-refractivity contribution in [2.24, 2.45) is 0 Å². The smallest absolute Gasteiger partial charge is 0.413 e. The molecule has 0 aliphatic heterocycles. The number of benzene rings is 1. The Morgan fingerprint density at radius 1 is 1.19 bits per heavy atom. The molecule has 0 saturated heterocycles. The largest absolute Gasteiger partial charge is 0.453 e. The molecule has 1 aromatic carbocycles. The van der Waals surface area contributed by atoms with Crippen LogP contribution in [0.4, 0.5) is 16.2 Å². The third-order valence-corrected chi connectivity index (χ3v) is 5.43. The number of thioether (sulfide) groups is 2. The summed E-state index contributed by atoms with van der Waals surface area (Å²) in [6, 6.07) is 5.68. The molecule has 0 aliphatic rings. The van der Waals surface area contributed by atoms with Gasteiger partial charge in [-0.05, 0) is 50.3 Å². The molecule has 7 nitrogen and oxygen atoms in total. The lowest BCUT2D eigenvalue weighted by Gasteiger charge is -2.16. The fourth-order valence-corrected chi connectivity index (χ4v) is 3.85. The van der Waals surface area contributed by atoms with Crippen molar-refractivity contribution in [2.45, 2.75) is 11.8 Å². The number of carbonyl (C=O) groups is 2. The van der Waals surface area contributed by atoms with E-state index < -0.39 is 6.09 Å². The predicted octanol–water partition coefficient (Wildman–Crippen LogP) is 3.08. The lowest BCUT2D eigenvalue weighted by atomic mass is 10.2.